The predicted octanol–water partition coefficient (Wildman–Crippen LogP) is 0.925. The summed E-state index contributed by atoms with van der Waals surface area (Å²) in [6.07, 6.45) is 1.28. The van der Waals surface area contributed by atoms with Gasteiger partial charge >= 0.3 is 0 Å². The molecule has 1 fully saturated rings. The van der Waals surface area contributed by atoms with Crippen molar-refractivity contribution < 1.29 is 9.59 Å². The summed E-state index contributed by atoms with van der Waals surface area (Å²) in [5.74, 6) is -0.808. The maximum atomic E-state index is 13.3. The van der Waals surface area contributed by atoms with Crippen molar-refractivity contribution in [1.29, 1.82) is 0 Å². The normalized spacial score (nSPS) is 15.8. The first kappa shape index (κ1) is 25.9. The second-order valence-electron chi connectivity index (χ2n) is 8.23. The van der Waals surface area contributed by atoms with Crippen molar-refractivity contribution in [3.8, 4) is 0 Å². The van der Waals surface area contributed by atoms with Gasteiger partial charge < -0.3 is 33.2 Å². The van der Waals surface area contributed by atoms with Gasteiger partial charge in [-0.15, -0.1) is 10.2 Å². The molecule has 1 heterocycles. The van der Waals surface area contributed by atoms with E-state index in [0.717, 1.165) is 12.0 Å². The number of carbonyl (C=O) groups is 2. The molecule has 0 aromatic heterocycles. The number of nitrogens with zero attached hydrogens (tertiary/aromatic N) is 5. The number of anilines is 1. The van der Waals surface area contributed by atoms with Gasteiger partial charge in [0.2, 0.25) is 17.8 Å². The van der Waals surface area contributed by atoms with Crippen LogP contribution in [0.25, 0.3) is 0 Å². The number of hydrogen-bond acceptors (Lipinski definition) is 6. The van der Waals surface area contributed by atoms with Gasteiger partial charge in [0.1, 0.15) is 6.04 Å². The highest BCUT2D eigenvalue weighted by Crippen LogP contribution is 2.23. The molecule has 0 radical (unpaired) electrons. The van der Waals surface area contributed by atoms with E-state index in [-0.39, 0.29) is 23.7 Å². The number of rotatable bonds is 7. The van der Waals surface area contributed by atoms with Gasteiger partial charge in [0.05, 0.1) is 11.4 Å². The largest absolute Gasteiger partial charge is 0.369 e. The van der Waals surface area contributed by atoms with Gasteiger partial charge in [-0.1, -0.05) is 24.3 Å². The number of nitrogens with two attached hydrogens (primary N) is 4. The zero-order valence-electron chi connectivity index (χ0n) is 20.2. The number of carbonyl (C=O) groups excluding carboxylic acids is 2. The summed E-state index contributed by atoms with van der Waals surface area (Å²) in [5.41, 5.74) is 24.9. The topological polar surface area (TPSA) is 203 Å². The molecule has 0 saturated carbocycles. The van der Waals surface area contributed by atoms with Gasteiger partial charge in [-0.05, 0) is 62.1 Å². The predicted molar refractivity (Wildman–Crippen MR) is 142 cm³/mol. The summed E-state index contributed by atoms with van der Waals surface area (Å²) in [6.45, 7) is 3.97. The standard InChI is InChI=1S/C24H30N10O2/c1-14(30-32-23(25)26)16-6-3-8-18(12-16)22(36)34-11-5-10-20(34)21(35)29-19-9-4-7-17(13-19)15(2)31-33-24(27)28/h3-4,6-9,12-13,20H,5,10-11H2,1-2H3,(H,29,35)(H4,25,26,32)(H4,27,28,33)/t20-/m0/s1. The molecule has 188 valence electrons. The van der Waals surface area contributed by atoms with Crippen LogP contribution in [0.2, 0.25) is 0 Å². The third-order valence-electron chi connectivity index (χ3n) is 5.52. The molecule has 1 aliphatic heterocycles. The number of nitrogens with one attached hydrogen (secondary N) is 1. The lowest BCUT2D eigenvalue weighted by atomic mass is 10.1. The highest BCUT2D eigenvalue weighted by atomic mass is 16.2. The SMILES string of the molecule is CC(=NN=C(N)N)c1cccc(NC(=O)[C@@H]2CCCN2C(=O)c2cccc(C(C)=NN=C(N)N)c2)c1. The zero-order chi connectivity index (χ0) is 26.2. The summed E-state index contributed by atoms with van der Waals surface area (Å²) in [6, 6.07) is 13.5. The fourth-order valence-electron chi connectivity index (χ4n) is 3.75. The van der Waals surface area contributed by atoms with Crippen LogP contribution < -0.4 is 28.3 Å². The van der Waals surface area contributed by atoms with Crippen molar-refractivity contribution in [3.63, 3.8) is 0 Å². The Morgan fingerprint density at radius 1 is 0.833 bits per heavy atom. The molecule has 12 heteroatoms. The monoisotopic (exact) mass is 490 g/mol. The minimum absolute atomic E-state index is 0.147. The minimum Gasteiger partial charge on any atom is -0.369 e. The van der Waals surface area contributed by atoms with E-state index < -0.39 is 6.04 Å². The van der Waals surface area contributed by atoms with E-state index in [9.17, 15) is 9.59 Å². The average Bonchev–Trinajstić information content (AvgIpc) is 3.35. The molecule has 0 spiro atoms. The van der Waals surface area contributed by atoms with E-state index in [1.54, 1.807) is 61.2 Å². The highest BCUT2D eigenvalue weighted by Gasteiger charge is 2.34. The third kappa shape index (κ3) is 6.65. The lowest BCUT2D eigenvalue weighted by molar-refractivity contribution is -0.119. The number of benzene rings is 2. The van der Waals surface area contributed by atoms with Gasteiger partial charge in [-0.3, -0.25) is 9.59 Å². The average molecular weight is 491 g/mol. The first-order valence-electron chi connectivity index (χ1n) is 11.2. The molecular weight excluding hydrogens is 460 g/mol. The summed E-state index contributed by atoms with van der Waals surface area (Å²) >= 11 is 0. The Balaban J connectivity index is 1.76. The first-order valence-corrected chi connectivity index (χ1v) is 11.2. The summed E-state index contributed by atoms with van der Waals surface area (Å²) in [4.78, 5) is 28.0. The molecule has 1 saturated heterocycles. The van der Waals surface area contributed by atoms with E-state index in [4.69, 9.17) is 22.9 Å². The zero-order valence-corrected chi connectivity index (χ0v) is 20.2. The molecule has 2 aromatic rings. The van der Waals surface area contributed by atoms with Crippen LogP contribution in [-0.4, -0.2) is 52.6 Å². The van der Waals surface area contributed by atoms with Crippen molar-refractivity contribution in [2.24, 2.45) is 43.3 Å². The van der Waals surface area contributed by atoms with Crippen LogP contribution in [0.4, 0.5) is 5.69 Å². The molecular formula is C24H30N10O2. The first-order chi connectivity index (χ1) is 17.2. The Labute approximate surface area is 208 Å². The molecule has 3 rings (SSSR count). The Kier molecular flexibility index (Phi) is 8.34. The number of hydrogen-bond donors (Lipinski definition) is 5. The van der Waals surface area contributed by atoms with Crippen LogP contribution in [0.15, 0.2) is 68.9 Å². The molecule has 2 aromatic carbocycles. The molecule has 0 unspecified atom stereocenters. The van der Waals surface area contributed by atoms with E-state index in [1.807, 2.05) is 6.07 Å². The van der Waals surface area contributed by atoms with E-state index in [0.29, 0.717) is 41.2 Å². The smallest absolute Gasteiger partial charge is 0.254 e. The van der Waals surface area contributed by atoms with E-state index in [2.05, 4.69) is 25.7 Å². The van der Waals surface area contributed by atoms with Crippen LogP contribution >= 0.6 is 0 Å². The fourth-order valence-corrected chi connectivity index (χ4v) is 3.75. The van der Waals surface area contributed by atoms with Crippen molar-refractivity contribution in [3.05, 3.63) is 65.2 Å². The molecule has 1 atom stereocenters. The number of likely N-dealkylation sites (tertiary alicyclic amines) is 1. The molecule has 2 amide bonds. The minimum atomic E-state index is -0.599. The van der Waals surface area contributed by atoms with Gasteiger partial charge in [0.15, 0.2) is 0 Å². The Morgan fingerprint density at radius 2 is 1.39 bits per heavy atom. The molecule has 12 nitrogen and oxygen atoms in total. The summed E-state index contributed by atoms with van der Waals surface area (Å²) < 4.78 is 0. The van der Waals surface area contributed by atoms with Crippen LogP contribution in [-0.2, 0) is 4.79 Å². The highest BCUT2D eigenvalue weighted by molar-refractivity contribution is 6.05. The molecule has 9 N–H and O–H groups in total. The Morgan fingerprint density at radius 3 is 2.00 bits per heavy atom. The molecule has 1 aliphatic rings. The van der Waals surface area contributed by atoms with Gasteiger partial charge in [-0.2, -0.15) is 10.2 Å². The van der Waals surface area contributed by atoms with Gasteiger partial charge in [0.25, 0.3) is 5.91 Å². The van der Waals surface area contributed by atoms with Gasteiger partial charge in [0, 0.05) is 17.8 Å². The van der Waals surface area contributed by atoms with Gasteiger partial charge in [-0.25, -0.2) is 0 Å². The summed E-state index contributed by atoms with van der Waals surface area (Å²) in [5, 5.41) is 18.1. The molecule has 0 aliphatic carbocycles. The summed E-state index contributed by atoms with van der Waals surface area (Å²) in [7, 11) is 0. The lowest BCUT2D eigenvalue weighted by Gasteiger charge is -2.24. The fraction of sp³-hybridized carbons (Fsp3) is 0.250. The Bertz CT molecular complexity index is 1260. The van der Waals surface area contributed by atoms with Crippen LogP contribution in [0, 0.1) is 0 Å². The number of guanidine groups is 2. The van der Waals surface area contributed by atoms with Crippen molar-refractivity contribution in [2.45, 2.75) is 32.7 Å². The molecule has 0 bridgehead atoms. The van der Waals surface area contributed by atoms with Crippen LogP contribution in [0.5, 0.6) is 0 Å². The second-order valence-corrected chi connectivity index (χ2v) is 8.23. The van der Waals surface area contributed by atoms with Crippen LogP contribution in [0.1, 0.15) is 48.2 Å². The number of amides is 2. The van der Waals surface area contributed by atoms with Crippen molar-refractivity contribution in [1.82, 2.24) is 4.90 Å². The van der Waals surface area contributed by atoms with Crippen LogP contribution in [0.3, 0.4) is 0 Å². The quantitative estimate of drug-likeness (QED) is 0.217. The second kappa shape index (κ2) is 11.6. The van der Waals surface area contributed by atoms with E-state index >= 15 is 0 Å². The third-order valence-corrected chi connectivity index (χ3v) is 5.52. The van der Waals surface area contributed by atoms with Crippen molar-refractivity contribution in [2.75, 3.05) is 11.9 Å². The van der Waals surface area contributed by atoms with E-state index in [1.165, 1.54) is 0 Å². The lowest BCUT2D eigenvalue weighted by Crippen LogP contribution is -2.43. The Hall–Kier alpha value is -4.74. The van der Waals surface area contributed by atoms with Crippen molar-refractivity contribution >= 4 is 40.8 Å². The maximum Gasteiger partial charge on any atom is 0.254 e. The maximum absolute atomic E-state index is 13.3. The molecule has 36 heavy (non-hydrogen) atoms.